The molecule has 1 atom stereocenters. The SMILES string of the molecule is Clc1cccn2nc(CC3CCCS3)nc12. The van der Waals surface area contributed by atoms with Gasteiger partial charge in [0.25, 0.3) is 0 Å². The summed E-state index contributed by atoms with van der Waals surface area (Å²) in [5, 5.41) is 5.80. The van der Waals surface area contributed by atoms with Crippen LogP contribution in [0.25, 0.3) is 5.65 Å². The highest BCUT2D eigenvalue weighted by Gasteiger charge is 2.18. The molecule has 2 aromatic rings. The number of rotatable bonds is 2. The summed E-state index contributed by atoms with van der Waals surface area (Å²) in [6.45, 7) is 0. The van der Waals surface area contributed by atoms with Gasteiger partial charge >= 0.3 is 0 Å². The Morgan fingerprint density at radius 1 is 1.56 bits per heavy atom. The molecular formula is C11H12ClN3S. The molecule has 0 aromatic carbocycles. The van der Waals surface area contributed by atoms with E-state index in [1.54, 1.807) is 4.52 Å². The average molecular weight is 254 g/mol. The maximum absolute atomic E-state index is 6.06. The smallest absolute Gasteiger partial charge is 0.174 e. The zero-order valence-corrected chi connectivity index (χ0v) is 10.3. The van der Waals surface area contributed by atoms with Crippen LogP contribution >= 0.6 is 23.4 Å². The molecule has 1 fully saturated rings. The van der Waals surface area contributed by atoms with E-state index in [2.05, 4.69) is 10.1 Å². The molecule has 1 unspecified atom stereocenters. The molecule has 0 N–H and O–H groups in total. The second-order valence-corrected chi connectivity index (χ2v) is 5.81. The highest BCUT2D eigenvalue weighted by atomic mass is 35.5. The number of hydrogen-bond donors (Lipinski definition) is 0. The minimum absolute atomic E-state index is 0.667. The van der Waals surface area contributed by atoms with Crippen molar-refractivity contribution in [2.45, 2.75) is 24.5 Å². The number of halogens is 1. The molecule has 2 aromatic heterocycles. The van der Waals surface area contributed by atoms with Gasteiger partial charge < -0.3 is 0 Å². The third-order valence-electron chi connectivity index (χ3n) is 2.79. The summed E-state index contributed by atoms with van der Waals surface area (Å²) in [6.07, 6.45) is 5.46. The van der Waals surface area contributed by atoms with Crippen molar-refractivity contribution in [3.05, 3.63) is 29.2 Å². The van der Waals surface area contributed by atoms with E-state index in [1.807, 2.05) is 30.1 Å². The van der Waals surface area contributed by atoms with Gasteiger partial charge in [0.2, 0.25) is 0 Å². The molecule has 1 aliphatic rings. The molecule has 16 heavy (non-hydrogen) atoms. The normalized spacial score (nSPS) is 20.7. The Kier molecular flexibility index (Phi) is 2.77. The van der Waals surface area contributed by atoms with Crippen LogP contribution in [0.1, 0.15) is 18.7 Å². The molecule has 1 saturated heterocycles. The summed E-state index contributed by atoms with van der Waals surface area (Å²) >= 11 is 8.09. The van der Waals surface area contributed by atoms with E-state index in [-0.39, 0.29) is 0 Å². The summed E-state index contributed by atoms with van der Waals surface area (Å²) < 4.78 is 1.76. The lowest BCUT2D eigenvalue weighted by Gasteiger charge is -2.02. The first-order valence-electron chi connectivity index (χ1n) is 5.44. The third kappa shape index (κ3) is 1.92. The van der Waals surface area contributed by atoms with Crippen LogP contribution in [0.3, 0.4) is 0 Å². The van der Waals surface area contributed by atoms with E-state index in [9.17, 15) is 0 Å². The molecule has 0 amide bonds. The fourth-order valence-corrected chi connectivity index (χ4v) is 3.48. The Balaban J connectivity index is 1.90. The van der Waals surface area contributed by atoms with Crippen molar-refractivity contribution in [2.75, 3.05) is 5.75 Å². The molecule has 1 aliphatic heterocycles. The van der Waals surface area contributed by atoms with Gasteiger partial charge in [0, 0.05) is 17.9 Å². The summed E-state index contributed by atoms with van der Waals surface area (Å²) in [5.74, 6) is 2.19. The van der Waals surface area contributed by atoms with Gasteiger partial charge in [-0.15, -0.1) is 0 Å². The zero-order chi connectivity index (χ0) is 11.0. The molecule has 84 valence electrons. The Morgan fingerprint density at radius 3 is 3.25 bits per heavy atom. The second kappa shape index (κ2) is 4.26. The molecule has 0 aliphatic carbocycles. The molecule has 0 saturated carbocycles. The monoisotopic (exact) mass is 253 g/mol. The van der Waals surface area contributed by atoms with Crippen molar-refractivity contribution in [1.82, 2.24) is 14.6 Å². The number of nitrogens with zero attached hydrogens (tertiary/aromatic N) is 3. The van der Waals surface area contributed by atoms with E-state index in [0.717, 1.165) is 17.9 Å². The molecule has 5 heteroatoms. The minimum Gasteiger partial charge on any atom is -0.219 e. The third-order valence-corrected chi connectivity index (χ3v) is 4.49. The first-order chi connectivity index (χ1) is 7.83. The Bertz CT molecular complexity index is 505. The topological polar surface area (TPSA) is 30.2 Å². The Hall–Kier alpha value is -0.740. The summed E-state index contributed by atoms with van der Waals surface area (Å²) in [4.78, 5) is 4.48. The van der Waals surface area contributed by atoms with Crippen molar-refractivity contribution < 1.29 is 0 Å². The largest absolute Gasteiger partial charge is 0.219 e. The lowest BCUT2D eigenvalue weighted by Crippen LogP contribution is -2.03. The Morgan fingerprint density at radius 2 is 2.50 bits per heavy atom. The van der Waals surface area contributed by atoms with Crippen molar-refractivity contribution >= 4 is 29.0 Å². The molecule has 0 bridgehead atoms. The molecule has 3 heterocycles. The Labute approximate surface area is 103 Å². The minimum atomic E-state index is 0.667. The van der Waals surface area contributed by atoms with E-state index in [1.165, 1.54) is 18.6 Å². The van der Waals surface area contributed by atoms with Crippen LogP contribution in [-0.4, -0.2) is 25.6 Å². The molecule has 0 spiro atoms. The van der Waals surface area contributed by atoms with Gasteiger partial charge in [-0.1, -0.05) is 11.6 Å². The van der Waals surface area contributed by atoms with Gasteiger partial charge in [-0.2, -0.15) is 16.9 Å². The van der Waals surface area contributed by atoms with Crippen LogP contribution in [0.4, 0.5) is 0 Å². The van der Waals surface area contributed by atoms with E-state index in [4.69, 9.17) is 11.6 Å². The summed E-state index contributed by atoms with van der Waals surface area (Å²) in [7, 11) is 0. The van der Waals surface area contributed by atoms with Crippen molar-refractivity contribution in [1.29, 1.82) is 0 Å². The van der Waals surface area contributed by atoms with Gasteiger partial charge in [0.1, 0.15) is 0 Å². The van der Waals surface area contributed by atoms with Crippen LogP contribution in [-0.2, 0) is 6.42 Å². The molecule has 3 rings (SSSR count). The van der Waals surface area contributed by atoms with Crippen molar-refractivity contribution in [3.63, 3.8) is 0 Å². The van der Waals surface area contributed by atoms with Gasteiger partial charge in [0.15, 0.2) is 11.5 Å². The fraction of sp³-hybridized carbons (Fsp3) is 0.455. The molecule has 3 nitrogen and oxygen atoms in total. The highest BCUT2D eigenvalue weighted by Crippen LogP contribution is 2.28. The molecular weight excluding hydrogens is 242 g/mol. The number of aromatic nitrogens is 3. The van der Waals surface area contributed by atoms with Gasteiger partial charge in [-0.3, -0.25) is 0 Å². The first-order valence-corrected chi connectivity index (χ1v) is 6.87. The number of pyridine rings is 1. The highest BCUT2D eigenvalue weighted by molar-refractivity contribution is 8.00. The lowest BCUT2D eigenvalue weighted by atomic mass is 10.2. The van der Waals surface area contributed by atoms with E-state index in [0.29, 0.717) is 10.3 Å². The zero-order valence-electron chi connectivity index (χ0n) is 8.77. The van der Waals surface area contributed by atoms with Crippen LogP contribution in [0.2, 0.25) is 5.02 Å². The summed E-state index contributed by atoms with van der Waals surface area (Å²) in [5.41, 5.74) is 0.766. The predicted molar refractivity (Wildman–Crippen MR) is 67.2 cm³/mol. The van der Waals surface area contributed by atoms with Crippen LogP contribution in [0, 0.1) is 0 Å². The standard InChI is InChI=1S/C11H12ClN3S/c12-9-4-1-5-15-11(9)13-10(14-15)7-8-3-2-6-16-8/h1,4-5,8H,2-3,6-7H2. The van der Waals surface area contributed by atoms with Crippen molar-refractivity contribution in [2.24, 2.45) is 0 Å². The van der Waals surface area contributed by atoms with E-state index >= 15 is 0 Å². The second-order valence-electron chi connectivity index (χ2n) is 3.99. The molecule has 0 radical (unpaired) electrons. The van der Waals surface area contributed by atoms with Gasteiger partial charge in [0.05, 0.1) is 5.02 Å². The first kappa shape index (κ1) is 10.4. The lowest BCUT2D eigenvalue weighted by molar-refractivity contribution is 0.742. The maximum atomic E-state index is 6.06. The number of fused-ring (bicyclic) bond motifs is 1. The number of thioether (sulfide) groups is 1. The van der Waals surface area contributed by atoms with Gasteiger partial charge in [-0.25, -0.2) is 9.50 Å². The van der Waals surface area contributed by atoms with Crippen LogP contribution < -0.4 is 0 Å². The van der Waals surface area contributed by atoms with E-state index < -0.39 is 0 Å². The number of hydrogen-bond acceptors (Lipinski definition) is 3. The van der Waals surface area contributed by atoms with Crippen molar-refractivity contribution in [3.8, 4) is 0 Å². The van der Waals surface area contributed by atoms with Crippen LogP contribution in [0.5, 0.6) is 0 Å². The maximum Gasteiger partial charge on any atom is 0.174 e. The quantitative estimate of drug-likeness (QED) is 0.825. The fourth-order valence-electron chi connectivity index (χ4n) is 2.01. The predicted octanol–water partition coefficient (Wildman–Crippen LogP) is 2.82. The van der Waals surface area contributed by atoms with Crippen LogP contribution in [0.15, 0.2) is 18.3 Å². The van der Waals surface area contributed by atoms with Gasteiger partial charge in [-0.05, 0) is 30.7 Å². The summed E-state index contributed by atoms with van der Waals surface area (Å²) in [6, 6.07) is 3.73. The average Bonchev–Trinajstić information content (AvgIpc) is 2.88.